The van der Waals surface area contributed by atoms with Crippen LogP contribution in [0.4, 0.5) is 13.2 Å². The fourth-order valence-electron chi connectivity index (χ4n) is 2.92. The smallest absolute Gasteiger partial charge is 0.378 e. The van der Waals surface area contributed by atoms with Gasteiger partial charge in [0.1, 0.15) is 0 Å². The molecule has 21 heavy (non-hydrogen) atoms. The zero-order valence-electron chi connectivity index (χ0n) is 11.0. The Morgan fingerprint density at radius 1 is 1.05 bits per heavy atom. The Morgan fingerprint density at radius 2 is 1.57 bits per heavy atom. The van der Waals surface area contributed by atoms with Crippen molar-refractivity contribution in [1.29, 1.82) is 0 Å². The van der Waals surface area contributed by atoms with E-state index in [0.717, 1.165) is 37.1 Å². The molecule has 4 nitrogen and oxygen atoms in total. The van der Waals surface area contributed by atoms with E-state index in [0.29, 0.717) is 13.2 Å². The number of rotatable bonds is 2. The Morgan fingerprint density at radius 3 is 2.05 bits per heavy atom. The van der Waals surface area contributed by atoms with Gasteiger partial charge in [-0.25, -0.2) is 8.42 Å². The number of hydrogen-bond acceptors (Lipinski definition) is 3. The standard InChI is InChI=1S/C13H14F3NO3S/c14-13(15,16)9-1-5-12(6-2-9)21(18,19)17-10-3-4-11(17)8-20-7-10/h1-2,5-6,10-11H,3-4,7-8H2. The SMILES string of the molecule is O=S(=O)(c1ccc(C(F)(F)F)cc1)N1C2CCC1COC2. The first kappa shape index (κ1) is 14.8. The first-order chi connectivity index (χ1) is 9.80. The molecule has 0 N–H and O–H groups in total. The normalized spacial score (nSPS) is 27.0. The summed E-state index contributed by atoms with van der Waals surface area (Å²) >= 11 is 0. The van der Waals surface area contributed by atoms with Gasteiger partial charge in [0.05, 0.1) is 23.7 Å². The van der Waals surface area contributed by atoms with E-state index in [1.54, 1.807) is 0 Å². The molecule has 3 rings (SSSR count). The summed E-state index contributed by atoms with van der Waals surface area (Å²) in [6, 6.07) is 3.22. The number of fused-ring (bicyclic) bond motifs is 2. The molecule has 0 spiro atoms. The average Bonchev–Trinajstić information content (AvgIpc) is 2.69. The molecule has 2 aliphatic rings. The molecule has 0 aliphatic carbocycles. The van der Waals surface area contributed by atoms with Gasteiger partial charge in [0.25, 0.3) is 0 Å². The Balaban J connectivity index is 1.92. The van der Waals surface area contributed by atoms with E-state index in [1.165, 1.54) is 4.31 Å². The van der Waals surface area contributed by atoms with Crippen LogP contribution >= 0.6 is 0 Å². The molecule has 2 aliphatic heterocycles. The molecule has 1 aromatic rings. The zero-order valence-corrected chi connectivity index (χ0v) is 11.8. The van der Waals surface area contributed by atoms with Gasteiger partial charge in [0, 0.05) is 12.1 Å². The van der Waals surface area contributed by atoms with Gasteiger partial charge in [-0.3, -0.25) is 0 Å². The molecule has 2 atom stereocenters. The van der Waals surface area contributed by atoms with Crippen molar-refractivity contribution in [2.24, 2.45) is 0 Å². The lowest BCUT2D eigenvalue weighted by molar-refractivity contribution is -0.137. The first-order valence-electron chi connectivity index (χ1n) is 6.59. The van der Waals surface area contributed by atoms with E-state index in [2.05, 4.69) is 0 Å². The second kappa shape index (κ2) is 4.96. The summed E-state index contributed by atoms with van der Waals surface area (Å²) in [7, 11) is -3.77. The Kier molecular flexibility index (Phi) is 3.50. The Labute approximate surface area is 120 Å². The Bertz CT molecular complexity index is 611. The highest BCUT2D eigenvalue weighted by Crippen LogP contribution is 2.35. The number of halogens is 3. The van der Waals surface area contributed by atoms with Crippen LogP contribution < -0.4 is 0 Å². The van der Waals surface area contributed by atoms with E-state index in [1.807, 2.05) is 0 Å². The van der Waals surface area contributed by atoms with Gasteiger partial charge in [-0.05, 0) is 37.1 Å². The van der Waals surface area contributed by atoms with Crippen LogP contribution in [-0.2, 0) is 20.9 Å². The fraction of sp³-hybridized carbons (Fsp3) is 0.538. The zero-order chi connectivity index (χ0) is 15.3. The molecule has 2 bridgehead atoms. The summed E-state index contributed by atoms with van der Waals surface area (Å²) in [5.41, 5.74) is -0.855. The van der Waals surface area contributed by atoms with Crippen LogP contribution in [0.3, 0.4) is 0 Å². The maximum Gasteiger partial charge on any atom is 0.416 e. The summed E-state index contributed by atoms with van der Waals surface area (Å²) in [5, 5.41) is 0. The van der Waals surface area contributed by atoms with Crippen molar-refractivity contribution in [3.63, 3.8) is 0 Å². The van der Waals surface area contributed by atoms with Crippen LogP contribution in [-0.4, -0.2) is 38.0 Å². The molecule has 2 heterocycles. The second-order valence-corrected chi connectivity index (χ2v) is 7.12. The summed E-state index contributed by atoms with van der Waals surface area (Å²) in [6.07, 6.45) is -3.02. The quantitative estimate of drug-likeness (QED) is 0.839. The van der Waals surface area contributed by atoms with Crippen molar-refractivity contribution in [2.45, 2.75) is 36.0 Å². The maximum absolute atomic E-state index is 12.6. The molecular formula is C13H14F3NO3S. The molecule has 0 saturated carbocycles. The maximum atomic E-state index is 12.6. The van der Waals surface area contributed by atoms with Crippen LogP contribution in [0.5, 0.6) is 0 Å². The van der Waals surface area contributed by atoms with Crippen LogP contribution in [0.1, 0.15) is 18.4 Å². The highest BCUT2D eigenvalue weighted by Gasteiger charge is 2.45. The summed E-state index contributed by atoms with van der Waals surface area (Å²) in [4.78, 5) is -0.103. The third kappa shape index (κ3) is 2.56. The lowest BCUT2D eigenvalue weighted by Gasteiger charge is -2.33. The van der Waals surface area contributed by atoms with E-state index in [9.17, 15) is 21.6 Å². The van der Waals surface area contributed by atoms with Gasteiger partial charge in [0.15, 0.2) is 0 Å². The van der Waals surface area contributed by atoms with Gasteiger partial charge in [-0.15, -0.1) is 0 Å². The van der Waals surface area contributed by atoms with Gasteiger partial charge in [-0.1, -0.05) is 0 Å². The van der Waals surface area contributed by atoms with Crippen molar-refractivity contribution in [1.82, 2.24) is 4.31 Å². The van der Waals surface area contributed by atoms with Gasteiger partial charge < -0.3 is 4.74 Å². The molecule has 8 heteroatoms. The lowest BCUT2D eigenvalue weighted by Crippen LogP contribution is -2.48. The predicted octanol–water partition coefficient (Wildman–Crippen LogP) is 2.26. The number of sulfonamides is 1. The third-order valence-electron chi connectivity index (χ3n) is 3.93. The minimum atomic E-state index is -4.47. The average molecular weight is 321 g/mol. The van der Waals surface area contributed by atoms with Crippen molar-refractivity contribution in [3.8, 4) is 0 Å². The number of morpholine rings is 1. The van der Waals surface area contributed by atoms with E-state index < -0.39 is 21.8 Å². The third-order valence-corrected chi connectivity index (χ3v) is 5.95. The number of nitrogens with zero attached hydrogens (tertiary/aromatic N) is 1. The molecule has 0 amide bonds. The minimum Gasteiger partial charge on any atom is -0.378 e. The summed E-state index contributed by atoms with van der Waals surface area (Å²) in [5.74, 6) is 0. The summed E-state index contributed by atoms with van der Waals surface area (Å²) in [6.45, 7) is 0.687. The van der Waals surface area contributed by atoms with Crippen LogP contribution in [0.15, 0.2) is 29.2 Å². The van der Waals surface area contributed by atoms with Crippen LogP contribution in [0, 0.1) is 0 Å². The van der Waals surface area contributed by atoms with E-state index in [-0.39, 0.29) is 17.0 Å². The number of ether oxygens (including phenoxy) is 1. The van der Waals surface area contributed by atoms with Crippen LogP contribution in [0.2, 0.25) is 0 Å². The first-order valence-corrected chi connectivity index (χ1v) is 8.03. The highest BCUT2D eigenvalue weighted by molar-refractivity contribution is 7.89. The number of alkyl halides is 3. The molecule has 0 aromatic heterocycles. The van der Waals surface area contributed by atoms with E-state index in [4.69, 9.17) is 4.74 Å². The molecule has 2 fully saturated rings. The molecule has 116 valence electrons. The van der Waals surface area contributed by atoms with E-state index >= 15 is 0 Å². The minimum absolute atomic E-state index is 0.103. The largest absolute Gasteiger partial charge is 0.416 e. The Hall–Kier alpha value is -1.12. The van der Waals surface area contributed by atoms with Gasteiger partial charge in [-0.2, -0.15) is 17.5 Å². The number of benzene rings is 1. The topological polar surface area (TPSA) is 46.6 Å². The van der Waals surface area contributed by atoms with Crippen molar-refractivity contribution < 1.29 is 26.3 Å². The van der Waals surface area contributed by atoms with Crippen molar-refractivity contribution in [2.75, 3.05) is 13.2 Å². The van der Waals surface area contributed by atoms with Crippen LogP contribution in [0.25, 0.3) is 0 Å². The fourth-order valence-corrected chi connectivity index (χ4v) is 4.76. The molecular weight excluding hydrogens is 307 g/mol. The monoisotopic (exact) mass is 321 g/mol. The molecule has 2 saturated heterocycles. The second-order valence-electron chi connectivity index (χ2n) is 5.28. The molecule has 1 aromatic carbocycles. The van der Waals surface area contributed by atoms with Crippen molar-refractivity contribution in [3.05, 3.63) is 29.8 Å². The lowest BCUT2D eigenvalue weighted by atomic mass is 10.2. The molecule has 0 radical (unpaired) electrons. The highest BCUT2D eigenvalue weighted by atomic mass is 32.2. The number of hydrogen-bond donors (Lipinski definition) is 0. The van der Waals surface area contributed by atoms with Gasteiger partial charge >= 0.3 is 6.18 Å². The summed E-state index contributed by atoms with van der Waals surface area (Å²) < 4.78 is 69.5. The van der Waals surface area contributed by atoms with Crippen molar-refractivity contribution >= 4 is 10.0 Å². The molecule has 2 unspecified atom stereocenters. The predicted molar refractivity (Wildman–Crippen MR) is 68.1 cm³/mol. The van der Waals surface area contributed by atoms with Gasteiger partial charge in [0.2, 0.25) is 10.0 Å².